The van der Waals surface area contributed by atoms with Crippen molar-refractivity contribution in [3.63, 3.8) is 0 Å². The summed E-state index contributed by atoms with van der Waals surface area (Å²) in [6.45, 7) is 3.48. The quantitative estimate of drug-likeness (QED) is 0.906. The standard InChI is InChI=1S/C12H13ClFN3/c1-2-17-6-5-15-12(17)8-16-11-4-3-9(14)7-10(11)13/h3-7,16H,2,8H2,1H3. The van der Waals surface area contributed by atoms with Gasteiger partial charge in [-0.05, 0) is 25.1 Å². The minimum absolute atomic E-state index is 0.337. The number of anilines is 1. The van der Waals surface area contributed by atoms with Gasteiger partial charge in [0.05, 0.1) is 17.3 Å². The molecule has 0 aliphatic heterocycles. The summed E-state index contributed by atoms with van der Waals surface area (Å²) in [4.78, 5) is 4.23. The monoisotopic (exact) mass is 253 g/mol. The number of aromatic nitrogens is 2. The van der Waals surface area contributed by atoms with Crippen LogP contribution < -0.4 is 5.32 Å². The summed E-state index contributed by atoms with van der Waals surface area (Å²) in [5.74, 6) is 0.587. The van der Waals surface area contributed by atoms with Gasteiger partial charge in [-0.25, -0.2) is 9.37 Å². The Morgan fingerprint density at radius 3 is 3.00 bits per heavy atom. The van der Waals surface area contributed by atoms with Crippen LogP contribution in [0, 0.1) is 5.82 Å². The average Bonchev–Trinajstić information content (AvgIpc) is 2.75. The Balaban J connectivity index is 2.07. The Hall–Kier alpha value is -1.55. The molecule has 0 aliphatic rings. The van der Waals surface area contributed by atoms with Crippen molar-refractivity contribution < 1.29 is 4.39 Å². The lowest BCUT2D eigenvalue weighted by atomic mass is 10.3. The lowest BCUT2D eigenvalue weighted by molar-refractivity contribution is 0.628. The third-order valence-corrected chi connectivity index (χ3v) is 2.82. The topological polar surface area (TPSA) is 29.9 Å². The second-order valence-corrected chi connectivity index (χ2v) is 4.01. The predicted octanol–water partition coefficient (Wildman–Crippen LogP) is 3.31. The van der Waals surface area contributed by atoms with Gasteiger partial charge in [-0.15, -0.1) is 0 Å². The molecular weight excluding hydrogens is 241 g/mol. The number of hydrogen-bond donors (Lipinski definition) is 1. The molecule has 1 heterocycles. The van der Waals surface area contributed by atoms with E-state index in [1.54, 1.807) is 12.3 Å². The van der Waals surface area contributed by atoms with Gasteiger partial charge in [0, 0.05) is 18.9 Å². The minimum Gasteiger partial charge on any atom is -0.377 e. The lowest BCUT2D eigenvalue weighted by Gasteiger charge is -2.09. The third-order valence-electron chi connectivity index (χ3n) is 2.51. The molecule has 0 spiro atoms. The SMILES string of the molecule is CCn1ccnc1CNc1ccc(F)cc1Cl. The first-order chi connectivity index (χ1) is 8.20. The molecular formula is C12H13ClFN3. The fourth-order valence-corrected chi connectivity index (χ4v) is 1.84. The average molecular weight is 254 g/mol. The Labute approximate surface area is 104 Å². The minimum atomic E-state index is -0.337. The molecule has 2 rings (SSSR count). The Morgan fingerprint density at radius 2 is 2.29 bits per heavy atom. The van der Waals surface area contributed by atoms with Gasteiger partial charge in [0.1, 0.15) is 11.6 Å². The maximum absolute atomic E-state index is 12.9. The van der Waals surface area contributed by atoms with Crippen molar-refractivity contribution in [1.82, 2.24) is 9.55 Å². The summed E-state index contributed by atoms with van der Waals surface area (Å²) in [5.41, 5.74) is 0.707. The van der Waals surface area contributed by atoms with Crippen molar-refractivity contribution in [3.8, 4) is 0 Å². The molecule has 0 unspecified atom stereocenters. The molecule has 1 aromatic heterocycles. The largest absolute Gasteiger partial charge is 0.377 e. The molecule has 1 N–H and O–H groups in total. The summed E-state index contributed by atoms with van der Waals surface area (Å²) in [6.07, 6.45) is 3.68. The van der Waals surface area contributed by atoms with E-state index < -0.39 is 0 Å². The maximum Gasteiger partial charge on any atom is 0.128 e. The van der Waals surface area contributed by atoms with Gasteiger partial charge in [0.25, 0.3) is 0 Å². The van der Waals surface area contributed by atoms with Crippen LogP contribution >= 0.6 is 11.6 Å². The molecule has 0 bridgehead atoms. The van der Waals surface area contributed by atoms with E-state index in [9.17, 15) is 4.39 Å². The van der Waals surface area contributed by atoms with E-state index in [1.807, 2.05) is 10.8 Å². The molecule has 1 aromatic carbocycles. The predicted molar refractivity (Wildman–Crippen MR) is 66.6 cm³/mol. The van der Waals surface area contributed by atoms with Gasteiger partial charge < -0.3 is 9.88 Å². The summed E-state index contributed by atoms with van der Waals surface area (Å²) in [5, 5.41) is 3.51. The van der Waals surface area contributed by atoms with Crippen LogP contribution in [0.1, 0.15) is 12.7 Å². The van der Waals surface area contributed by atoms with Gasteiger partial charge in [0.15, 0.2) is 0 Å². The first-order valence-corrected chi connectivity index (χ1v) is 5.77. The zero-order valence-corrected chi connectivity index (χ0v) is 10.2. The second kappa shape index (κ2) is 5.19. The Morgan fingerprint density at radius 1 is 1.47 bits per heavy atom. The molecule has 0 saturated heterocycles. The Bertz CT molecular complexity index is 510. The lowest BCUT2D eigenvalue weighted by Crippen LogP contribution is -2.07. The van der Waals surface area contributed by atoms with Crippen molar-refractivity contribution >= 4 is 17.3 Å². The van der Waals surface area contributed by atoms with Crippen LogP contribution in [0.4, 0.5) is 10.1 Å². The van der Waals surface area contributed by atoms with Gasteiger partial charge in [0.2, 0.25) is 0 Å². The van der Waals surface area contributed by atoms with Gasteiger partial charge in [-0.1, -0.05) is 11.6 Å². The highest BCUT2D eigenvalue weighted by Crippen LogP contribution is 2.22. The first kappa shape index (κ1) is 11.9. The van der Waals surface area contributed by atoms with Gasteiger partial charge in [-0.2, -0.15) is 0 Å². The summed E-state index contributed by atoms with van der Waals surface area (Å²) < 4.78 is 14.9. The molecule has 17 heavy (non-hydrogen) atoms. The van der Waals surface area contributed by atoms with Crippen LogP contribution in [0.25, 0.3) is 0 Å². The second-order valence-electron chi connectivity index (χ2n) is 3.61. The van der Waals surface area contributed by atoms with E-state index in [1.165, 1.54) is 12.1 Å². The molecule has 3 nitrogen and oxygen atoms in total. The number of benzene rings is 1. The van der Waals surface area contributed by atoms with Crippen LogP contribution in [-0.4, -0.2) is 9.55 Å². The third kappa shape index (κ3) is 2.77. The number of imidazole rings is 1. The smallest absolute Gasteiger partial charge is 0.128 e. The Kier molecular flexibility index (Phi) is 3.64. The fraction of sp³-hybridized carbons (Fsp3) is 0.250. The maximum atomic E-state index is 12.9. The van der Waals surface area contributed by atoms with Crippen molar-refractivity contribution in [2.45, 2.75) is 20.0 Å². The van der Waals surface area contributed by atoms with Crippen molar-refractivity contribution in [3.05, 3.63) is 47.3 Å². The van der Waals surface area contributed by atoms with Gasteiger partial charge >= 0.3 is 0 Å². The van der Waals surface area contributed by atoms with E-state index in [2.05, 4.69) is 17.2 Å². The summed E-state index contributed by atoms with van der Waals surface area (Å²) in [7, 11) is 0. The van der Waals surface area contributed by atoms with Crippen LogP contribution in [0.5, 0.6) is 0 Å². The number of rotatable bonds is 4. The summed E-state index contributed by atoms with van der Waals surface area (Å²) in [6, 6.07) is 4.29. The van der Waals surface area contributed by atoms with Crippen LogP contribution in [0.15, 0.2) is 30.6 Å². The van der Waals surface area contributed by atoms with Crippen molar-refractivity contribution in [2.24, 2.45) is 0 Å². The molecule has 0 amide bonds. The highest BCUT2D eigenvalue weighted by Gasteiger charge is 2.04. The first-order valence-electron chi connectivity index (χ1n) is 5.39. The molecule has 0 aliphatic carbocycles. The molecule has 0 radical (unpaired) electrons. The molecule has 5 heteroatoms. The van der Waals surface area contributed by atoms with Gasteiger partial charge in [-0.3, -0.25) is 0 Å². The zero-order valence-electron chi connectivity index (χ0n) is 9.45. The molecule has 0 atom stereocenters. The molecule has 2 aromatic rings. The van der Waals surface area contributed by atoms with E-state index >= 15 is 0 Å². The van der Waals surface area contributed by atoms with Crippen LogP contribution in [-0.2, 0) is 13.1 Å². The number of nitrogens with zero attached hydrogens (tertiary/aromatic N) is 2. The molecule has 0 fully saturated rings. The molecule has 0 saturated carbocycles. The number of nitrogens with one attached hydrogen (secondary N) is 1. The normalized spacial score (nSPS) is 10.5. The van der Waals surface area contributed by atoms with E-state index in [0.29, 0.717) is 17.3 Å². The van der Waals surface area contributed by atoms with E-state index in [4.69, 9.17) is 11.6 Å². The summed E-state index contributed by atoms with van der Waals surface area (Å²) >= 11 is 5.91. The number of halogens is 2. The fourth-order valence-electron chi connectivity index (χ4n) is 1.60. The number of hydrogen-bond acceptors (Lipinski definition) is 2. The van der Waals surface area contributed by atoms with Crippen LogP contribution in [0.2, 0.25) is 5.02 Å². The van der Waals surface area contributed by atoms with E-state index in [0.717, 1.165) is 12.4 Å². The van der Waals surface area contributed by atoms with Crippen molar-refractivity contribution in [1.29, 1.82) is 0 Å². The zero-order chi connectivity index (χ0) is 12.3. The highest BCUT2D eigenvalue weighted by molar-refractivity contribution is 6.33. The van der Waals surface area contributed by atoms with E-state index in [-0.39, 0.29) is 5.82 Å². The molecule has 90 valence electrons. The number of aryl methyl sites for hydroxylation is 1. The van der Waals surface area contributed by atoms with Crippen molar-refractivity contribution in [2.75, 3.05) is 5.32 Å². The van der Waals surface area contributed by atoms with Crippen LogP contribution in [0.3, 0.4) is 0 Å². The highest BCUT2D eigenvalue weighted by atomic mass is 35.5.